The Labute approximate surface area is 121 Å². The lowest BCUT2D eigenvalue weighted by Gasteiger charge is -2.11. The Hall–Kier alpha value is -1.40. The van der Waals surface area contributed by atoms with Crippen molar-refractivity contribution in [1.29, 1.82) is 0 Å². The van der Waals surface area contributed by atoms with E-state index in [9.17, 15) is 10.2 Å². The smallest absolute Gasteiger partial charge is 0.226 e. The SMILES string of the molecule is OC1CN(Cc2coc(-c3cccc(Cl)c3)n2)CC1O. The van der Waals surface area contributed by atoms with Gasteiger partial charge in [-0.15, -0.1) is 0 Å². The van der Waals surface area contributed by atoms with Crippen LogP contribution in [0, 0.1) is 0 Å². The fourth-order valence-electron chi connectivity index (χ4n) is 2.34. The van der Waals surface area contributed by atoms with Gasteiger partial charge in [-0.1, -0.05) is 17.7 Å². The zero-order chi connectivity index (χ0) is 14.1. The van der Waals surface area contributed by atoms with E-state index in [1.807, 2.05) is 17.0 Å². The summed E-state index contributed by atoms with van der Waals surface area (Å²) >= 11 is 5.94. The van der Waals surface area contributed by atoms with Crippen molar-refractivity contribution in [3.63, 3.8) is 0 Å². The fraction of sp³-hybridized carbons (Fsp3) is 0.357. The third kappa shape index (κ3) is 2.86. The molecule has 2 heterocycles. The third-order valence-electron chi connectivity index (χ3n) is 3.34. The molecule has 0 bridgehead atoms. The molecule has 20 heavy (non-hydrogen) atoms. The summed E-state index contributed by atoms with van der Waals surface area (Å²) in [5, 5.41) is 19.7. The van der Waals surface area contributed by atoms with Crippen LogP contribution in [0.2, 0.25) is 5.02 Å². The lowest BCUT2D eigenvalue weighted by Crippen LogP contribution is -2.22. The van der Waals surface area contributed by atoms with Crippen molar-refractivity contribution in [3.8, 4) is 11.5 Å². The van der Waals surface area contributed by atoms with E-state index in [1.54, 1.807) is 18.4 Å². The van der Waals surface area contributed by atoms with Crippen LogP contribution < -0.4 is 0 Å². The maximum Gasteiger partial charge on any atom is 0.226 e. The van der Waals surface area contributed by atoms with Crippen LogP contribution in [0.3, 0.4) is 0 Å². The van der Waals surface area contributed by atoms with Crippen LogP contribution in [0.15, 0.2) is 34.9 Å². The topological polar surface area (TPSA) is 69.7 Å². The molecule has 0 amide bonds. The molecule has 2 aromatic rings. The zero-order valence-corrected chi connectivity index (χ0v) is 11.5. The molecule has 5 nitrogen and oxygen atoms in total. The Morgan fingerprint density at radius 3 is 2.75 bits per heavy atom. The van der Waals surface area contributed by atoms with Gasteiger partial charge in [-0.2, -0.15) is 0 Å². The predicted octanol–water partition coefficient (Wildman–Crippen LogP) is 1.53. The van der Waals surface area contributed by atoms with Gasteiger partial charge in [0, 0.05) is 30.2 Å². The van der Waals surface area contributed by atoms with Gasteiger partial charge in [0.15, 0.2) is 0 Å². The first-order valence-corrected chi connectivity index (χ1v) is 6.78. The van der Waals surface area contributed by atoms with Gasteiger partial charge < -0.3 is 14.6 Å². The van der Waals surface area contributed by atoms with E-state index < -0.39 is 12.2 Å². The summed E-state index contributed by atoms with van der Waals surface area (Å²) in [7, 11) is 0. The lowest BCUT2D eigenvalue weighted by atomic mass is 10.2. The van der Waals surface area contributed by atoms with E-state index in [4.69, 9.17) is 16.0 Å². The van der Waals surface area contributed by atoms with Gasteiger partial charge in [-0.05, 0) is 18.2 Å². The molecule has 6 heteroatoms. The monoisotopic (exact) mass is 294 g/mol. The number of aliphatic hydroxyl groups is 2. The molecule has 0 spiro atoms. The number of nitrogens with zero attached hydrogens (tertiary/aromatic N) is 2. The molecule has 2 unspecified atom stereocenters. The Bertz CT molecular complexity index is 592. The summed E-state index contributed by atoms with van der Waals surface area (Å²) < 4.78 is 5.45. The van der Waals surface area contributed by atoms with Crippen molar-refractivity contribution in [2.24, 2.45) is 0 Å². The molecule has 2 atom stereocenters. The highest BCUT2D eigenvalue weighted by Crippen LogP contribution is 2.23. The van der Waals surface area contributed by atoms with Crippen molar-refractivity contribution in [2.45, 2.75) is 18.8 Å². The summed E-state index contributed by atoms with van der Waals surface area (Å²) in [6, 6.07) is 7.31. The number of aliphatic hydroxyl groups excluding tert-OH is 2. The first-order valence-electron chi connectivity index (χ1n) is 6.40. The van der Waals surface area contributed by atoms with Gasteiger partial charge in [0.1, 0.15) is 6.26 Å². The number of likely N-dealkylation sites (tertiary alicyclic amines) is 1. The van der Waals surface area contributed by atoms with Gasteiger partial charge in [0.2, 0.25) is 5.89 Å². The van der Waals surface area contributed by atoms with Crippen LogP contribution in [0.4, 0.5) is 0 Å². The van der Waals surface area contributed by atoms with E-state index in [1.165, 1.54) is 0 Å². The second-order valence-electron chi connectivity index (χ2n) is 4.98. The molecule has 2 N–H and O–H groups in total. The summed E-state index contributed by atoms with van der Waals surface area (Å²) in [5.74, 6) is 0.516. The first-order chi connectivity index (χ1) is 9.61. The van der Waals surface area contributed by atoms with E-state index >= 15 is 0 Å². The summed E-state index contributed by atoms with van der Waals surface area (Å²) in [5.41, 5.74) is 1.59. The molecule has 3 rings (SSSR count). The second-order valence-corrected chi connectivity index (χ2v) is 5.42. The summed E-state index contributed by atoms with van der Waals surface area (Å²) in [6.07, 6.45) is 0.219. The Balaban J connectivity index is 1.71. The van der Waals surface area contributed by atoms with Crippen LogP contribution >= 0.6 is 11.6 Å². The highest BCUT2D eigenvalue weighted by atomic mass is 35.5. The summed E-state index contributed by atoms with van der Waals surface area (Å²) in [4.78, 5) is 6.34. The number of oxazole rings is 1. The summed E-state index contributed by atoms with van der Waals surface area (Å²) in [6.45, 7) is 1.43. The minimum Gasteiger partial charge on any atom is -0.444 e. The van der Waals surface area contributed by atoms with Gasteiger partial charge >= 0.3 is 0 Å². The van der Waals surface area contributed by atoms with E-state index in [-0.39, 0.29) is 0 Å². The number of rotatable bonds is 3. The third-order valence-corrected chi connectivity index (χ3v) is 3.58. The highest BCUT2D eigenvalue weighted by molar-refractivity contribution is 6.30. The lowest BCUT2D eigenvalue weighted by molar-refractivity contribution is 0.0572. The van der Waals surface area contributed by atoms with Crippen molar-refractivity contribution in [2.75, 3.05) is 13.1 Å². The van der Waals surface area contributed by atoms with E-state index in [0.717, 1.165) is 11.3 Å². The highest BCUT2D eigenvalue weighted by Gasteiger charge is 2.29. The first kappa shape index (κ1) is 13.6. The maximum absolute atomic E-state index is 9.51. The van der Waals surface area contributed by atoms with Gasteiger partial charge in [0.05, 0.1) is 17.9 Å². The molecule has 0 aliphatic carbocycles. The van der Waals surface area contributed by atoms with Crippen LogP contribution in [-0.4, -0.2) is 45.4 Å². The minimum absolute atomic E-state index is 0.445. The van der Waals surface area contributed by atoms with Crippen LogP contribution in [0.1, 0.15) is 5.69 Å². The molecule has 106 valence electrons. The van der Waals surface area contributed by atoms with Crippen molar-refractivity contribution in [3.05, 3.63) is 41.2 Å². The number of hydrogen-bond donors (Lipinski definition) is 2. The molecule has 1 aromatic carbocycles. The average Bonchev–Trinajstić information content (AvgIpc) is 2.98. The molecule has 0 saturated carbocycles. The molecule has 1 aromatic heterocycles. The van der Waals surface area contributed by atoms with Gasteiger partial charge in [-0.25, -0.2) is 4.98 Å². The zero-order valence-electron chi connectivity index (χ0n) is 10.7. The molecular formula is C14H15ClN2O3. The number of benzene rings is 1. The quantitative estimate of drug-likeness (QED) is 0.898. The molecule has 0 radical (unpaired) electrons. The van der Waals surface area contributed by atoms with Crippen LogP contribution in [0.25, 0.3) is 11.5 Å². The Morgan fingerprint density at radius 2 is 2.05 bits per heavy atom. The number of hydrogen-bond acceptors (Lipinski definition) is 5. The van der Waals surface area contributed by atoms with E-state index in [0.29, 0.717) is 30.5 Å². The number of β-amino-alcohol motifs (C(OH)–C–C–N with tert-alkyl or cyclic N) is 2. The molecular weight excluding hydrogens is 280 g/mol. The van der Waals surface area contributed by atoms with Crippen molar-refractivity contribution >= 4 is 11.6 Å². The minimum atomic E-state index is -0.686. The normalized spacial score (nSPS) is 23.4. The standard InChI is InChI=1S/C14H15ClN2O3/c15-10-3-1-2-9(4-10)14-16-11(8-20-14)5-17-6-12(18)13(19)7-17/h1-4,8,12-13,18-19H,5-7H2. The van der Waals surface area contributed by atoms with Crippen LogP contribution in [0.5, 0.6) is 0 Å². The second kappa shape index (κ2) is 5.54. The number of halogens is 1. The van der Waals surface area contributed by atoms with Crippen molar-refractivity contribution in [1.82, 2.24) is 9.88 Å². The van der Waals surface area contributed by atoms with Crippen molar-refractivity contribution < 1.29 is 14.6 Å². The maximum atomic E-state index is 9.51. The average molecular weight is 295 g/mol. The van der Waals surface area contributed by atoms with Crippen LogP contribution in [-0.2, 0) is 6.54 Å². The molecule has 1 saturated heterocycles. The molecule has 1 aliphatic rings. The largest absolute Gasteiger partial charge is 0.444 e. The Morgan fingerprint density at radius 1 is 1.30 bits per heavy atom. The Kier molecular flexibility index (Phi) is 3.76. The van der Waals surface area contributed by atoms with Gasteiger partial charge in [-0.3, -0.25) is 4.90 Å². The molecule has 1 fully saturated rings. The fourth-order valence-corrected chi connectivity index (χ4v) is 2.53. The van der Waals surface area contributed by atoms with E-state index in [2.05, 4.69) is 4.98 Å². The van der Waals surface area contributed by atoms with Gasteiger partial charge in [0.25, 0.3) is 0 Å². The predicted molar refractivity (Wildman–Crippen MR) is 74.2 cm³/mol. The number of aromatic nitrogens is 1. The molecule has 1 aliphatic heterocycles.